The maximum Gasteiger partial charge on any atom is 0.400 e. The molecule has 0 aromatic heterocycles. The van der Waals surface area contributed by atoms with Crippen LogP contribution in [0.3, 0.4) is 0 Å². The van der Waals surface area contributed by atoms with Gasteiger partial charge in [-0.1, -0.05) is 117 Å². The second-order valence-corrected chi connectivity index (χ2v) is 9.41. The van der Waals surface area contributed by atoms with Gasteiger partial charge in [0.15, 0.2) is 6.10 Å². The molecule has 1 atom stereocenters. The molecule has 1 unspecified atom stereocenters. The fourth-order valence-electron chi connectivity index (χ4n) is 3.78. The second kappa shape index (κ2) is 21.4. The molecule has 0 aromatic rings. The number of hydrogen-bond acceptors (Lipinski definition) is 6. The Morgan fingerprint density at radius 3 is 1.15 bits per heavy atom. The Labute approximate surface area is 202 Å². The number of unbranched alkanes of at least 4 members (excludes halogenated alkanes) is 16. The summed E-state index contributed by atoms with van der Waals surface area (Å²) in [5.41, 5.74) is 0. The SMILES string of the molecule is CCCCCCCCCCCC(=O)OC(O)(OC(=O)CCCCCCCCCCC)C(C)O. The molecule has 0 aromatic carbocycles. The Morgan fingerprint density at radius 2 is 0.879 bits per heavy atom. The van der Waals surface area contributed by atoms with E-state index >= 15 is 0 Å². The predicted molar refractivity (Wildman–Crippen MR) is 133 cm³/mol. The smallest absolute Gasteiger partial charge is 0.396 e. The van der Waals surface area contributed by atoms with Crippen LogP contribution in [-0.4, -0.2) is 34.2 Å². The molecule has 2 N–H and O–H groups in total. The summed E-state index contributed by atoms with van der Waals surface area (Å²) in [5, 5.41) is 20.2. The molecule has 33 heavy (non-hydrogen) atoms. The number of ether oxygens (including phenoxy) is 2. The number of aliphatic hydroxyl groups excluding tert-OH is 1. The molecule has 0 bridgehead atoms. The number of esters is 2. The summed E-state index contributed by atoms with van der Waals surface area (Å²) >= 11 is 0. The van der Waals surface area contributed by atoms with Crippen LogP contribution >= 0.6 is 0 Å². The first kappa shape index (κ1) is 31.9. The van der Waals surface area contributed by atoms with E-state index in [1.807, 2.05) is 0 Å². The van der Waals surface area contributed by atoms with Crippen LogP contribution in [0.25, 0.3) is 0 Å². The minimum Gasteiger partial charge on any atom is -0.396 e. The molecule has 0 amide bonds. The predicted octanol–water partition coefficient (Wildman–Crippen LogP) is 6.94. The van der Waals surface area contributed by atoms with Crippen LogP contribution < -0.4 is 0 Å². The molecule has 0 fully saturated rings. The first-order valence-electron chi connectivity index (χ1n) is 13.7. The van der Waals surface area contributed by atoms with E-state index in [1.54, 1.807) is 0 Å². The summed E-state index contributed by atoms with van der Waals surface area (Å²) in [4.78, 5) is 24.2. The van der Waals surface area contributed by atoms with Crippen molar-refractivity contribution in [3.63, 3.8) is 0 Å². The minimum absolute atomic E-state index is 0.126. The number of carbonyl (C=O) groups is 2. The molecule has 0 radical (unpaired) electrons. The van der Waals surface area contributed by atoms with Crippen molar-refractivity contribution in [2.24, 2.45) is 0 Å². The average molecular weight is 473 g/mol. The number of carbonyl (C=O) groups excluding carboxylic acids is 2. The zero-order valence-electron chi connectivity index (χ0n) is 21.7. The van der Waals surface area contributed by atoms with Gasteiger partial charge < -0.3 is 19.7 Å². The summed E-state index contributed by atoms with van der Waals surface area (Å²) in [5.74, 6) is -3.96. The van der Waals surface area contributed by atoms with Crippen molar-refractivity contribution in [2.75, 3.05) is 0 Å². The normalized spacial score (nSPS) is 12.5. The second-order valence-electron chi connectivity index (χ2n) is 9.41. The fourth-order valence-corrected chi connectivity index (χ4v) is 3.78. The van der Waals surface area contributed by atoms with E-state index in [2.05, 4.69) is 13.8 Å². The maximum absolute atomic E-state index is 12.1. The van der Waals surface area contributed by atoms with Gasteiger partial charge in [0.1, 0.15) is 0 Å². The Morgan fingerprint density at radius 1 is 0.606 bits per heavy atom. The molecule has 6 heteroatoms. The monoisotopic (exact) mass is 472 g/mol. The molecule has 0 saturated carbocycles. The molecule has 6 nitrogen and oxygen atoms in total. The third-order valence-electron chi connectivity index (χ3n) is 6.02. The zero-order valence-corrected chi connectivity index (χ0v) is 21.7. The summed E-state index contributed by atoms with van der Waals surface area (Å²) < 4.78 is 9.91. The van der Waals surface area contributed by atoms with E-state index in [0.29, 0.717) is 12.8 Å². The van der Waals surface area contributed by atoms with Gasteiger partial charge in [-0.2, -0.15) is 0 Å². The van der Waals surface area contributed by atoms with Crippen LogP contribution in [0.2, 0.25) is 0 Å². The quantitative estimate of drug-likeness (QED) is 0.0950. The summed E-state index contributed by atoms with van der Waals surface area (Å²) in [6.07, 6.45) is 18.9. The first-order chi connectivity index (χ1) is 15.9. The lowest BCUT2D eigenvalue weighted by Gasteiger charge is -2.29. The van der Waals surface area contributed by atoms with E-state index in [0.717, 1.165) is 38.5 Å². The minimum atomic E-state index is -2.62. The molecule has 0 aliphatic rings. The largest absolute Gasteiger partial charge is 0.400 e. The molecule has 0 spiro atoms. The van der Waals surface area contributed by atoms with Crippen molar-refractivity contribution in [3.05, 3.63) is 0 Å². The summed E-state index contributed by atoms with van der Waals surface area (Å²) in [6, 6.07) is 0. The van der Waals surface area contributed by atoms with Crippen molar-refractivity contribution in [1.29, 1.82) is 0 Å². The Kier molecular flexibility index (Phi) is 20.7. The molecule has 196 valence electrons. The third kappa shape index (κ3) is 18.9. The summed E-state index contributed by atoms with van der Waals surface area (Å²) in [6.45, 7) is 5.64. The molecule has 0 aliphatic carbocycles. The van der Waals surface area contributed by atoms with E-state index in [1.165, 1.54) is 71.1 Å². The van der Waals surface area contributed by atoms with Gasteiger partial charge >= 0.3 is 17.9 Å². The lowest BCUT2D eigenvalue weighted by atomic mass is 10.1. The van der Waals surface area contributed by atoms with Gasteiger partial charge in [-0.15, -0.1) is 0 Å². The molecule has 0 heterocycles. The van der Waals surface area contributed by atoms with Crippen molar-refractivity contribution >= 4 is 11.9 Å². The number of hydrogen-bond donors (Lipinski definition) is 2. The highest BCUT2D eigenvalue weighted by Crippen LogP contribution is 2.19. The average Bonchev–Trinajstić information content (AvgIpc) is 2.76. The van der Waals surface area contributed by atoms with Crippen molar-refractivity contribution in [1.82, 2.24) is 0 Å². The highest BCUT2D eigenvalue weighted by atomic mass is 16.8. The maximum atomic E-state index is 12.1. The van der Waals surface area contributed by atoms with E-state index in [4.69, 9.17) is 9.47 Å². The van der Waals surface area contributed by atoms with Crippen LogP contribution in [0.5, 0.6) is 0 Å². The molecular weight excluding hydrogens is 420 g/mol. The van der Waals surface area contributed by atoms with Gasteiger partial charge in [0.25, 0.3) is 0 Å². The van der Waals surface area contributed by atoms with Crippen LogP contribution in [-0.2, 0) is 19.1 Å². The Bertz CT molecular complexity index is 441. The lowest BCUT2D eigenvalue weighted by Crippen LogP contribution is -2.48. The van der Waals surface area contributed by atoms with E-state index in [9.17, 15) is 19.8 Å². The lowest BCUT2D eigenvalue weighted by molar-refractivity contribution is -0.358. The van der Waals surface area contributed by atoms with Gasteiger partial charge in [0.2, 0.25) is 0 Å². The van der Waals surface area contributed by atoms with Crippen LogP contribution in [0, 0.1) is 0 Å². The van der Waals surface area contributed by atoms with Crippen LogP contribution in [0.15, 0.2) is 0 Å². The van der Waals surface area contributed by atoms with Crippen molar-refractivity contribution < 1.29 is 29.3 Å². The standard InChI is InChI=1S/C27H52O6/c1-4-6-8-10-12-14-16-18-20-22-25(29)32-27(31,24(3)28)33-26(30)23-21-19-17-15-13-11-9-7-5-2/h24,28,31H,4-23H2,1-3H3. The first-order valence-corrected chi connectivity index (χ1v) is 13.7. The van der Waals surface area contributed by atoms with E-state index < -0.39 is 24.0 Å². The van der Waals surface area contributed by atoms with Crippen molar-refractivity contribution in [3.8, 4) is 0 Å². The Hall–Kier alpha value is -1.14. The topological polar surface area (TPSA) is 93.1 Å². The van der Waals surface area contributed by atoms with Gasteiger partial charge in [0.05, 0.1) is 0 Å². The van der Waals surface area contributed by atoms with Gasteiger partial charge in [-0.3, -0.25) is 9.59 Å². The highest BCUT2D eigenvalue weighted by molar-refractivity contribution is 5.71. The number of aliphatic hydroxyl groups is 2. The number of rotatable bonds is 23. The summed E-state index contributed by atoms with van der Waals surface area (Å²) in [7, 11) is 0. The van der Waals surface area contributed by atoms with E-state index in [-0.39, 0.29) is 12.8 Å². The third-order valence-corrected chi connectivity index (χ3v) is 6.02. The Balaban J connectivity index is 3.99. The van der Waals surface area contributed by atoms with Gasteiger partial charge in [-0.05, 0) is 19.8 Å². The molecular formula is C27H52O6. The van der Waals surface area contributed by atoms with Crippen LogP contribution in [0.4, 0.5) is 0 Å². The molecule has 0 rings (SSSR count). The van der Waals surface area contributed by atoms with Crippen LogP contribution in [0.1, 0.15) is 149 Å². The van der Waals surface area contributed by atoms with Crippen molar-refractivity contribution in [2.45, 2.75) is 161 Å². The zero-order chi connectivity index (χ0) is 24.8. The fraction of sp³-hybridized carbons (Fsp3) is 0.926. The molecule has 0 aliphatic heterocycles. The van der Waals surface area contributed by atoms with Gasteiger partial charge in [-0.25, -0.2) is 0 Å². The molecule has 0 saturated heterocycles. The highest BCUT2D eigenvalue weighted by Gasteiger charge is 2.42. The van der Waals surface area contributed by atoms with Gasteiger partial charge in [0, 0.05) is 12.8 Å².